The number of aromatic nitrogens is 4. The quantitative estimate of drug-likeness (QED) is 0.570. The van der Waals surface area contributed by atoms with E-state index in [0.717, 1.165) is 5.56 Å². The van der Waals surface area contributed by atoms with Crippen LogP contribution in [0.4, 0.5) is 0 Å². The van der Waals surface area contributed by atoms with Crippen LogP contribution in [0, 0.1) is 0 Å². The smallest absolute Gasteiger partial charge is 0.327 e. The van der Waals surface area contributed by atoms with E-state index >= 15 is 0 Å². The molecular formula is C21H21N5O4. The van der Waals surface area contributed by atoms with Crippen LogP contribution < -0.4 is 10.1 Å². The molecule has 0 aliphatic heterocycles. The highest BCUT2D eigenvalue weighted by atomic mass is 16.5. The molecule has 1 heterocycles. The highest BCUT2D eigenvalue weighted by molar-refractivity contribution is 6.01. The van der Waals surface area contributed by atoms with E-state index in [9.17, 15) is 9.59 Å². The zero-order chi connectivity index (χ0) is 21.3. The van der Waals surface area contributed by atoms with E-state index in [0.29, 0.717) is 17.0 Å². The molecule has 154 valence electrons. The van der Waals surface area contributed by atoms with Gasteiger partial charge in [0, 0.05) is 5.56 Å². The highest BCUT2D eigenvalue weighted by Gasteiger charge is 2.18. The summed E-state index contributed by atoms with van der Waals surface area (Å²) in [4.78, 5) is 24.6. The molecule has 9 heteroatoms. The number of ether oxygens (including phenoxy) is 2. The lowest BCUT2D eigenvalue weighted by atomic mass is 10.1. The number of rotatable bonds is 8. The van der Waals surface area contributed by atoms with Gasteiger partial charge in [0.15, 0.2) is 5.82 Å². The van der Waals surface area contributed by atoms with Crippen molar-refractivity contribution in [3.05, 3.63) is 71.5 Å². The van der Waals surface area contributed by atoms with Gasteiger partial charge in [0.25, 0.3) is 5.91 Å². The fraction of sp³-hybridized carbons (Fsp3) is 0.190. The van der Waals surface area contributed by atoms with Crippen molar-refractivity contribution in [2.24, 2.45) is 0 Å². The maximum Gasteiger partial charge on any atom is 0.327 e. The standard InChI is InChI=1S/C21H21N5O4/c1-3-30-19(27)14-26-20(23-24-25-26)18(13-15-9-11-17(29-2)12-10-15)22-21(28)16-7-5-4-6-8-16/h4-13H,3,14H2,1-2H3,(H,22,28)/b18-13-. The summed E-state index contributed by atoms with van der Waals surface area (Å²) in [5.74, 6) is 0.114. The number of amides is 1. The summed E-state index contributed by atoms with van der Waals surface area (Å²) in [5.41, 5.74) is 1.59. The third-order valence-corrected chi connectivity index (χ3v) is 4.07. The van der Waals surface area contributed by atoms with Gasteiger partial charge in [0.2, 0.25) is 0 Å². The molecule has 0 spiro atoms. The van der Waals surface area contributed by atoms with Gasteiger partial charge in [0.05, 0.1) is 19.4 Å². The van der Waals surface area contributed by atoms with Crippen molar-refractivity contribution in [2.45, 2.75) is 13.5 Å². The number of nitrogens with one attached hydrogen (secondary N) is 1. The molecule has 0 radical (unpaired) electrons. The lowest BCUT2D eigenvalue weighted by Gasteiger charge is -2.11. The van der Waals surface area contributed by atoms with E-state index in [-0.39, 0.29) is 24.9 Å². The van der Waals surface area contributed by atoms with E-state index in [1.54, 1.807) is 56.5 Å². The lowest BCUT2D eigenvalue weighted by Crippen LogP contribution is -2.25. The maximum atomic E-state index is 12.7. The van der Waals surface area contributed by atoms with Gasteiger partial charge >= 0.3 is 5.97 Å². The van der Waals surface area contributed by atoms with Gasteiger partial charge in [-0.25, -0.2) is 4.68 Å². The molecule has 3 aromatic rings. The first-order valence-corrected chi connectivity index (χ1v) is 9.25. The first-order valence-electron chi connectivity index (χ1n) is 9.25. The van der Waals surface area contributed by atoms with E-state index in [1.807, 2.05) is 18.2 Å². The largest absolute Gasteiger partial charge is 0.497 e. The van der Waals surface area contributed by atoms with Crippen LogP contribution in [-0.2, 0) is 16.1 Å². The summed E-state index contributed by atoms with van der Waals surface area (Å²) in [6, 6.07) is 16.0. The number of hydrogen-bond donors (Lipinski definition) is 1. The van der Waals surface area contributed by atoms with Crippen molar-refractivity contribution in [2.75, 3.05) is 13.7 Å². The van der Waals surface area contributed by atoms with E-state index in [1.165, 1.54) is 4.68 Å². The molecule has 1 amide bonds. The second-order valence-corrected chi connectivity index (χ2v) is 6.12. The number of carbonyl (C=O) groups is 2. The van der Waals surface area contributed by atoms with Gasteiger partial charge in [-0.2, -0.15) is 0 Å². The molecule has 0 saturated carbocycles. The Kier molecular flexibility index (Phi) is 6.88. The minimum atomic E-state index is -0.482. The van der Waals surface area contributed by atoms with Crippen molar-refractivity contribution < 1.29 is 19.1 Å². The summed E-state index contributed by atoms with van der Waals surface area (Å²) in [5, 5.41) is 14.3. The summed E-state index contributed by atoms with van der Waals surface area (Å²) in [7, 11) is 1.58. The number of nitrogens with zero attached hydrogens (tertiary/aromatic N) is 4. The Bertz CT molecular complexity index is 1030. The molecule has 0 atom stereocenters. The van der Waals surface area contributed by atoms with Crippen LogP contribution in [0.15, 0.2) is 54.6 Å². The molecule has 0 fully saturated rings. The Balaban J connectivity index is 1.95. The molecule has 0 saturated heterocycles. The Morgan fingerprint density at radius 1 is 1.10 bits per heavy atom. The zero-order valence-corrected chi connectivity index (χ0v) is 16.6. The molecule has 30 heavy (non-hydrogen) atoms. The van der Waals surface area contributed by atoms with Crippen molar-refractivity contribution in [3.8, 4) is 5.75 Å². The van der Waals surface area contributed by atoms with Crippen molar-refractivity contribution in [1.29, 1.82) is 0 Å². The number of hydrogen-bond acceptors (Lipinski definition) is 7. The Morgan fingerprint density at radius 3 is 2.50 bits per heavy atom. The van der Waals surface area contributed by atoms with Gasteiger partial charge in [-0.05, 0) is 53.3 Å². The molecule has 1 aromatic heterocycles. The van der Waals surface area contributed by atoms with E-state index < -0.39 is 5.97 Å². The monoisotopic (exact) mass is 407 g/mol. The van der Waals surface area contributed by atoms with E-state index in [4.69, 9.17) is 9.47 Å². The zero-order valence-electron chi connectivity index (χ0n) is 16.6. The summed E-state index contributed by atoms with van der Waals surface area (Å²) in [6.45, 7) is 1.78. The van der Waals surface area contributed by atoms with Crippen molar-refractivity contribution >= 4 is 23.6 Å². The third kappa shape index (κ3) is 5.28. The molecule has 9 nitrogen and oxygen atoms in total. The molecule has 2 aromatic carbocycles. The average Bonchev–Trinajstić information content (AvgIpc) is 3.22. The van der Waals surface area contributed by atoms with Crippen LogP contribution in [0.1, 0.15) is 28.7 Å². The normalized spacial score (nSPS) is 11.1. The highest BCUT2D eigenvalue weighted by Crippen LogP contribution is 2.17. The summed E-state index contributed by atoms with van der Waals surface area (Å²) in [6.07, 6.45) is 1.72. The topological polar surface area (TPSA) is 108 Å². The van der Waals surface area contributed by atoms with Gasteiger partial charge in [0.1, 0.15) is 12.3 Å². The fourth-order valence-corrected chi connectivity index (χ4v) is 2.64. The molecule has 0 aliphatic rings. The SMILES string of the molecule is CCOC(=O)Cn1nnnc1/C(=C/c1ccc(OC)cc1)NC(=O)c1ccccc1. The molecule has 0 bridgehead atoms. The molecule has 0 unspecified atom stereocenters. The van der Waals surface area contributed by atoms with Gasteiger partial charge in [-0.3, -0.25) is 9.59 Å². The minimum Gasteiger partial charge on any atom is -0.497 e. The van der Waals surface area contributed by atoms with Gasteiger partial charge < -0.3 is 14.8 Å². The minimum absolute atomic E-state index is 0.183. The Labute approximate surface area is 173 Å². The maximum absolute atomic E-state index is 12.7. The van der Waals surface area contributed by atoms with E-state index in [2.05, 4.69) is 20.8 Å². The number of methoxy groups -OCH3 is 1. The number of tetrazole rings is 1. The van der Waals surface area contributed by atoms with Crippen LogP contribution >= 0.6 is 0 Å². The van der Waals surface area contributed by atoms with Crippen LogP contribution in [0.3, 0.4) is 0 Å². The predicted molar refractivity (Wildman–Crippen MR) is 109 cm³/mol. The molecule has 1 N–H and O–H groups in total. The molecular weight excluding hydrogens is 386 g/mol. The third-order valence-electron chi connectivity index (χ3n) is 4.07. The number of esters is 1. The predicted octanol–water partition coefficient (Wildman–Crippen LogP) is 2.17. The Morgan fingerprint density at radius 2 is 1.83 bits per heavy atom. The summed E-state index contributed by atoms with van der Waals surface area (Å²) >= 11 is 0. The lowest BCUT2D eigenvalue weighted by molar-refractivity contribution is -0.144. The summed E-state index contributed by atoms with van der Waals surface area (Å²) < 4.78 is 11.4. The second-order valence-electron chi connectivity index (χ2n) is 6.12. The second kappa shape index (κ2) is 9.97. The first-order chi connectivity index (χ1) is 14.6. The molecule has 3 rings (SSSR count). The van der Waals surface area contributed by atoms with Crippen molar-refractivity contribution in [3.63, 3.8) is 0 Å². The van der Waals surface area contributed by atoms with Crippen LogP contribution in [-0.4, -0.2) is 45.8 Å². The van der Waals surface area contributed by atoms with Crippen LogP contribution in [0.2, 0.25) is 0 Å². The number of benzene rings is 2. The van der Waals surface area contributed by atoms with Crippen LogP contribution in [0.25, 0.3) is 11.8 Å². The Hall–Kier alpha value is -4.01. The van der Waals surface area contributed by atoms with Gasteiger partial charge in [-0.1, -0.05) is 30.3 Å². The first kappa shape index (κ1) is 20.7. The fourth-order valence-electron chi connectivity index (χ4n) is 2.64. The van der Waals surface area contributed by atoms with Crippen LogP contribution in [0.5, 0.6) is 5.75 Å². The average molecular weight is 407 g/mol. The number of carbonyl (C=O) groups excluding carboxylic acids is 2. The molecule has 0 aliphatic carbocycles. The van der Waals surface area contributed by atoms with Gasteiger partial charge in [-0.15, -0.1) is 5.10 Å². The van der Waals surface area contributed by atoms with Crippen molar-refractivity contribution in [1.82, 2.24) is 25.5 Å².